The lowest BCUT2D eigenvalue weighted by Gasteiger charge is -2.14. The van der Waals surface area contributed by atoms with Crippen molar-refractivity contribution in [2.45, 2.75) is 40.2 Å². The maximum atomic E-state index is 13.9. The Morgan fingerprint density at radius 3 is 2.69 bits per heavy atom. The van der Waals surface area contributed by atoms with Gasteiger partial charge in [0.2, 0.25) is 0 Å². The first-order chi connectivity index (χ1) is 13.9. The van der Waals surface area contributed by atoms with Gasteiger partial charge in [-0.3, -0.25) is 4.79 Å². The first-order valence-corrected chi connectivity index (χ1v) is 9.33. The number of nitrogens with zero attached hydrogens (tertiary/aromatic N) is 3. The third-order valence-corrected chi connectivity index (χ3v) is 4.95. The number of ether oxygens (including phenoxy) is 1. The van der Waals surface area contributed by atoms with E-state index in [9.17, 15) is 14.4 Å². The molecule has 0 spiro atoms. The lowest BCUT2D eigenvalue weighted by Crippen LogP contribution is -2.27. The van der Waals surface area contributed by atoms with E-state index in [0.29, 0.717) is 22.6 Å². The molecule has 7 heteroatoms. The summed E-state index contributed by atoms with van der Waals surface area (Å²) in [6, 6.07) is 8.15. The largest absolute Gasteiger partial charge is 0.494 e. The molecule has 0 atom stereocenters. The summed E-state index contributed by atoms with van der Waals surface area (Å²) in [5.74, 6) is -0.310. The van der Waals surface area contributed by atoms with Crippen LogP contribution in [-0.2, 0) is 13.0 Å². The molecule has 150 valence electrons. The van der Waals surface area contributed by atoms with Crippen molar-refractivity contribution in [3.8, 4) is 23.1 Å². The second kappa shape index (κ2) is 8.31. The van der Waals surface area contributed by atoms with Gasteiger partial charge in [-0.25, -0.2) is 4.39 Å². The Kier molecular flexibility index (Phi) is 5.83. The average Bonchev–Trinajstić information content (AvgIpc) is 3.17. The van der Waals surface area contributed by atoms with Crippen LogP contribution in [0.15, 0.2) is 33.6 Å². The molecule has 0 saturated carbocycles. The van der Waals surface area contributed by atoms with Gasteiger partial charge in [0, 0.05) is 22.9 Å². The van der Waals surface area contributed by atoms with Crippen LogP contribution in [0.2, 0.25) is 0 Å². The molecule has 0 amide bonds. The second-order valence-electron chi connectivity index (χ2n) is 6.91. The number of aryl methyl sites for hydroxylation is 2. The molecule has 1 aromatic carbocycles. The van der Waals surface area contributed by atoms with Gasteiger partial charge in [0.15, 0.2) is 17.3 Å². The summed E-state index contributed by atoms with van der Waals surface area (Å²) < 4.78 is 26.0. The van der Waals surface area contributed by atoms with E-state index in [1.54, 1.807) is 10.6 Å². The Hall–Kier alpha value is -3.40. The van der Waals surface area contributed by atoms with Crippen molar-refractivity contribution in [1.82, 2.24) is 9.72 Å². The maximum absolute atomic E-state index is 13.9. The van der Waals surface area contributed by atoms with Gasteiger partial charge in [-0.1, -0.05) is 18.5 Å². The summed E-state index contributed by atoms with van der Waals surface area (Å²) >= 11 is 0. The number of aromatic nitrogens is 2. The van der Waals surface area contributed by atoms with Crippen molar-refractivity contribution in [2.75, 3.05) is 7.11 Å². The summed E-state index contributed by atoms with van der Waals surface area (Å²) in [6.45, 7) is 6.05. The number of rotatable bonds is 6. The lowest BCUT2D eigenvalue weighted by atomic mass is 10.0. The Morgan fingerprint density at radius 1 is 1.28 bits per heavy atom. The molecule has 0 aliphatic carbocycles. The van der Waals surface area contributed by atoms with E-state index < -0.39 is 5.82 Å². The minimum absolute atomic E-state index is 0.00700. The summed E-state index contributed by atoms with van der Waals surface area (Å²) in [5.41, 5.74) is 3.57. The van der Waals surface area contributed by atoms with E-state index in [1.165, 1.54) is 13.2 Å². The van der Waals surface area contributed by atoms with E-state index in [1.807, 2.05) is 26.0 Å². The van der Waals surface area contributed by atoms with Crippen molar-refractivity contribution in [2.24, 2.45) is 0 Å². The fourth-order valence-corrected chi connectivity index (χ4v) is 3.26. The van der Waals surface area contributed by atoms with E-state index in [0.717, 1.165) is 30.2 Å². The molecule has 0 bridgehead atoms. The molecule has 2 aromatic heterocycles. The molecule has 0 saturated heterocycles. The Morgan fingerprint density at radius 2 is 2.03 bits per heavy atom. The maximum Gasteiger partial charge on any atom is 0.254 e. The van der Waals surface area contributed by atoms with Crippen LogP contribution in [0.3, 0.4) is 0 Å². The number of benzene rings is 1. The molecule has 0 fully saturated rings. The molecule has 6 nitrogen and oxygen atoms in total. The minimum Gasteiger partial charge on any atom is -0.494 e. The van der Waals surface area contributed by atoms with Crippen LogP contribution in [0.25, 0.3) is 11.3 Å². The molecule has 0 aliphatic rings. The van der Waals surface area contributed by atoms with Gasteiger partial charge in [-0.15, -0.1) is 0 Å². The van der Waals surface area contributed by atoms with E-state index in [4.69, 9.17) is 9.26 Å². The highest BCUT2D eigenvalue weighted by Crippen LogP contribution is 2.30. The number of nitriles is 1. The molecule has 29 heavy (non-hydrogen) atoms. The van der Waals surface area contributed by atoms with Crippen LogP contribution >= 0.6 is 0 Å². The van der Waals surface area contributed by atoms with Gasteiger partial charge < -0.3 is 13.8 Å². The fraction of sp³-hybridized carbons (Fsp3) is 0.318. The van der Waals surface area contributed by atoms with Crippen LogP contribution < -0.4 is 10.3 Å². The Bertz CT molecular complexity index is 1160. The zero-order valence-corrected chi connectivity index (χ0v) is 16.9. The molecular weight excluding hydrogens is 373 g/mol. The molecule has 2 heterocycles. The standard InChI is InChI=1S/C22H22FN3O3/c1-5-6-17-7-13(2)14(3)22(27)26(17)12-16-9-20(29-25-16)18-10-21(28-4)19(23)8-15(18)11-24/h7-10H,5-6,12H2,1-4H3. The number of hydrogen-bond acceptors (Lipinski definition) is 5. The van der Waals surface area contributed by atoms with Gasteiger partial charge in [0.05, 0.1) is 19.2 Å². The zero-order chi connectivity index (χ0) is 21.1. The Labute approximate surface area is 168 Å². The average molecular weight is 395 g/mol. The predicted octanol–water partition coefficient (Wildman–Crippen LogP) is 4.14. The molecule has 0 unspecified atom stereocenters. The molecule has 3 aromatic rings. The van der Waals surface area contributed by atoms with Gasteiger partial charge in [-0.05, 0) is 44.0 Å². The van der Waals surface area contributed by atoms with Crippen molar-refractivity contribution in [3.05, 3.63) is 68.5 Å². The normalized spacial score (nSPS) is 10.8. The fourth-order valence-electron chi connectivity index (χ4n) is 3.26. The number of hydrogen-bond donors (Lipinski definition) is 0. The monoisotopic (exact) mass is 395 g/mol. The molecule has 0 aliphatic heterocycles. The first-order valence-electron chi connectivity index (χ1n) is 9.33. The second-order valence-corrected chi connectivity index (χ2v) is 6.91. The summed E-state index contributed by atoms with van der Waals surface area (Å²) in [6.07, 6.45) is 1.68. The van der Waals surface area contributed by atoms with Gasteiger partial charge in [0.25, 0.3) is 5.56 Å². The highest BCUT2D eigenvalue weighted by molar-refractivity contribution is 5.68. The van der Waals surface area contributed by atoms with Crippen LogP contribution in [-0.4, -0.2) is 16.8 Å². The first kappa shape index (κ1) is 20.3. The van der Waals surface area contributed by atoms with Crippen molar-refractivity contribution < 1.29 is 13.7 Å². The molecular formula is C22H22FN3O3. The van der Waals surface area contributed by atoms with Gasteiger partial charge >= 0.3 is 0 Å². The molecule has 3 rings (SSSR count). The van der Waals surface area contributed by atoms with Crippen LogP contribution in [0, 0.1) is 31.0 Å². The minimum atomic E-state index is -0.626. The SMILES string of the molecule is CCCc1cc(C)c(C)c(=O)n1Cc1cc(-c2cc(OC)c(F)cc2C#N)on1. The summed E-state index contributed by atoms with van der Waals surface area (Å²) in [4.78, 5) is 12.8. The lowest BCUT2D eigenvalue weighted by molar-refractivity contribution is 0.385. The zero-order valence-electron chi connectivity index (χ0n) is 16.9. The summed E-state index contributed by atoms with van der Waals surface area (Å²) in [7, 11) is 1.35. The Balaban J connectivity index is 2.02. The highest BCUT2D eigenvalue weighted by atomic mass is 19.1. The van der Waals surface area contributed by atoms with E-state index in [2.05, 4.69) is 12.1 Å². The summed E-state index contributed by atoms with van der Waals surface area (Å²) in [5, 5.41) is 13.4. The molecule has 0 N–H and O–H groups in total. The van der Waals surface area contributed by atoms with Crippen LogP contribution in [0.1, 0.15) is 41.4 Å². The number of methoxy groups -OCH3 is 1. The van der Waals surface area contributed by atoms with Crippen molar-refractivity contribution in [3.63, 3.8) is 0 Å². The number of halogens is 1. The molecule has 0 radical (unpaired) electrons. The third-order valence-electron chi connectivity index (χ3n) is 4.95. The third kappa shape index (κ3) is 3.92. The van der Waals surface area contributed by atoms with Crippen LogP contribution in [0.5, 0.6) is 5.75 Å². The van der Waals surface area contributed by atoms with Crippen molar-refractivity contribution >= 4 is 0 Å². The van der Waals surface area contributed by atoms with E-state index >= 15 is 0 Å². The van der Waals surface area contributed by atoms with Gasteiger partial charge in [0.1, 0.15) is 11.8 Å². The topological polar surface area (TPSA) is 81.0 Å². The number of pyridine rings is 1. The van der Waals surface area contributed by atoms with E-state index in [-0.39, 0.29) is 23.4 Å². The van der Waals surface area contributed by atoms with Crippen LogP contribution in [0.4, 0.5) is 4.39 Å². The van der Waals surface area contributed by atoms with Crippen molar-refractivity contribution in [1.29, 1.82) is 5.26 Å². The predicted molar refractivity (Wildman–Crippen MR) is 106 cm³/mol. The quantitative estimate of drug-likeness (QED) is 0.627. The smallest absolute Gasteiger partial charge is 0.254 e. The van der Waals surface area contributed by atoms with Gasteiger partial charge in [-0.2, -0.15) is 5.26 Å². The highest BCUT2D eigenvalue weighted by Gasteiger charge is 2.17.